The molecule has 2 aromatic rings. The average Bonchev–Trinajstić information content (AvgIpc) is 3.44. The van der Waals surface area contributed by atoms with Gasteiger partial charge in [0.15, 0.2) is 0 Å². The van der Waals surface area contributed by atoms with Crippen molar-refractivity contribution in [2.24, 2.45) is 29.1 Å². The van der Waals surface area contributed by atoms with Crippen LogP contribution >= 0.6 is 0 Å². The summed E-state index contributed by atoms with van der Waals surface area (Å²) in [7, 11) is -7.74. The van der Waals surface area contributed by atoms with Gasteiger partial charge in [-0.05, 0) is 92.9 Å². The third kappa shape index (κ3) is 4.16. The topological polar surface area (TPSA) is 86.7 Å². The fourth-order valence-corrected chi connectivity index (χ4v) is 8.22. The molecule has 0 saturated heterocycles. The molecule has 0 aromatic heterocycles. The first-order chi connectivity index (χ1) is 15.6. The summed E-state index contributed by atoms with van der Waals surface area (Å²) in [5.74, 6) is 0.678. The molecule has 0 heterocycles. The molecule has 4 atom stereocenters. The van der Waals surface area contributed by atoms with Gasteiger partial charge in [0.05, 0.1) is 23.0 Å². The molecule has 0 radical (unpaired) electrons. The largest absolute Gasteiger partial charge is 0.296 e. The molecule has 8 heteroatoms. The van der Waals surface area contributed by atoms with Crippen molar-refractivity contribution >= 4 is 20.2 Å². The summed E-state index contributed by atoms with van der Waals surface area (Å²) in [5.41, 5.74) is 2.18. The van der Waals surface area contributed by atoms with Crippen LogP contribution in [0.1, 0.15) is 36.8 Å². The monoisotopic (exact) mass is 490 g/mol. The van der Waals surface area contributed by atoms with Gasteiger partial charge >= 0.3 is 0 Å². The smallest absolute Gasteiger partial charge is 0.266 e. The Bertz CT molecular complexity index is 1130. The molecule has 0 amide bonds. The molecule has 0 aliphatic heterocycles. The van der Waals surface area contributed by atoms with E-state index in [1.54, 1.807) is 48.5 Å². The van der Waals surface area contributed by atoms with Gasteiger partial charge in [0.25, 0.3) is 20.2 Å². The lowest BCUT2D eigenvalue weighted by molar-refractivity contribution is 0.101. The summed E-state index contributed by atoms with van der Waals surface area (Å²) < 4.78 is 62.2. The molecule has 6 nitrogen and oxygen atoms in total. The minimum Gasteiger partial charge on any atom is -0.266 e. The standard InChI is InChI=1S/C25H30O6S2/c1-17-3-7-19(8-4-17)32(26,27)30-15-21-22(24-12-11-23(21)25(24)13-14-25)16-31-33(28,29)20-9-5-18(2)6-10-20/h3-10,21-24H,11-16H2,1-2H3/t21-,22+,23-,24-/m1/s1. The second-order valence-electron chi connectivity index (χ2n) is 9.95. The Morgan fingerprint density at radius 3 is 1.39 bits per heavy atom. The van der Waals surface area contributed by atoms with Gasteiger partial charge in [-0.3, -0.25) is 8.37 Å². The van der Waals surface area contributed by atoms with Crippen molar-refractivity contribution in [1.82, 2.24) is 0 Å². The summed E-state index contributed by atoms with van der Waals surface area (Å²) in [4.78, 5) is 0.291. The average molecular weight is 491 g/mol. The molecule has 3 aliphatic rings. The van der Waals surface area contributed by atoms with Crippen molar-refractivity contribution in [1.29, 1.82) is 0 Å². The Hall–Kier alpha value is -1.74. The van der Waals surface area contributed by atoms with Crippen molar-refractivity contribution in [3.63, 3.8) is 0 Å². The van der Waals surface area contributed by atoms with E-state index in [4.69, 9.17) is 8.37 Å². The van der Waals surface area contributed by atoms with E-state index in [2.05, 4.69) is 0 Å². The predicted octanol–water partition coefficient (Wildman–Crippen LogP) is 4.47. The van der Waals surface area contributed by atoms with Crippen LogP contribution in [0, 0.1) is 42.9 Å². The Labute approximate surface area is 196 Å². The molecular weight excluding hydrogens is 460 g/mol. The second-order valence-corrected chi connectivity index (χ2v) is 13.2. The van der Waals surface area contributed by atoms with E-state index in [9.17, 15) is 16.8 Å². The van der Waals surface area contributed by atoms with Crippen LogP contribution in [0.15, 0.2) is 58.3 Å². The summed E-state index contributed by atoms with van der Waals surface area (Å²) in [5, 5.41) is 0. The molecule has 3 aliphatic carbocycles. The molecule has 33 heavy (non-hydrogen) atoms. The van der Waals surface area contributed by atoms with E-state index in [0.717, 1.165) is 36.8 Å². The van der Waals surface area contributed by atoms with Crippen LogP contribution in [0.2, 0.25) is 0 Å². The fourth-order valence-electron chi connectivity index (χ4n) is 6.33. The van der Waals surface area contributed by atoms with Crippen molar-refractivity contribution in [2.75, 3.05) is 13.2 Å². The number of aryl methyl sites for hydroxylation is 2. The predicted molar refractivity (Wildman–Crippen MR) is 123 cm³/mol. The van der Waals surface area contributed by atoms with E-state index in [1.165, 1.54) is 0 Å². The highest BCUT2D eigenvalue weighted by molar-refractivity contribution is 7.87. The lowest BCUT2D eigenvalue weighted by atomic mass is 9.80. The van der Waals surface area contributed by atoms with Crippen LogP contribution in [-0.4, -0.2) is 30.0 Å². The molecule has 3 fully saturated rings. The van der Waals surface area contributed by atoms with Crippen LogP contribution < -0.4 is 0 Å². The van der Waals surface area contributed by atoms with Crippen molar-refractivity contribution < 1.29 is 25.2 Å². The first-order valence-corrected chi connectivity index (χ1v) is 14.4. The van der Waals surface area contributed by atoms with E-state index >= 15 is 0 Å². The third-order valence-electron chi connectivity index (χ3n) is 8.13. The lowest BCUT2D eigenvalue weighted by Crippen LogP contribution is -2.31. The summed E-state index contributed by atoms with van der Waals surface area (Å²) in [6.45, 7) is 3.93. The maximum absolute atomic E-state index is 12.8. The van der Waals surface area contributed by atoms with Crippen molar-refractivity contribution in [3.05, 3.63) is 59.7 Å². The maximum Gasteiger partial charge on any atom is 0.296 e. The molecule has 2 bridgehead atoms. The van der Waals surface area contributed by atoms with Gasteiger partial charge in [0, 0.05) is 0 Å². The zero-order chi connectivity index (χ0) is 23.4. The highest BCUT2D eigenvalue weighted by Gasteiger charge is 2.68. The number of hydrogen-bond acceptors (Lipinski definition) is 6. The van der Waals surface area contributed by atoms with Crippen LogP contribution in [0.3, 0.4) is 0 Å². The first kappa shape index (κ1) is 23.0. The zero-order valence-corrected chi connectivity index (χ0v) is 20.6. The van der Waals surface area contributed by atoms with Crippen LogP contribution in [0.5, 0.6) is 0 Å². The maximum atomic E-state index is 12.8. The van der Waals surface area contributed by atoms with Crippen LogP contribution in [-0.2, 0) is 28.6 Å². The molecular formula is C25H30O6S2. The highest BCUT2D eigenvalue weighted by atomic mass is 32.2. The van der Waals surface area contributed by atoms with Gasteiger partial charge in [0.2, 0.25) is 0 Å². The zero-order valence-electron chi connectivity index (χ0n) is 18.9. The quantitative estimate of drug-likeness (QED) is 0.508. The number of hydrogen-bond donors (Lipinski definition) is 0. The number of benzene rings is 2. The second kappa shape index (κ2) is 8.18. The molecule has 5 rings (SSSR count). The molecule has 0 N–H and O–H groups in total. The van der Waals surface area contributed by atoms with E-state index < -0.39 is 20.2 Å². The van der Waals surface area contributed by atoms with Crippen LogP contribution in [0.4, 0.5) is 0 Å². The summed E-state index contributed by atoms with van der Waals surface area (Å²) in [6.07, 6.45) is 4.35. The Kier molecular flexibility index (Phi) is 5.71. The SMILES string of the molecule is Cc1ccc(S(=O)(=O)OC[C@@H]2[C@H](COS(=O)(=O)c3ccc(C)cc3)[C@H]3CC[C@H]2C32CC2)cc1. The molecule has 178 valence electrons. The van der Waals surface area contributed by atoms with E-state index in [0.29, 0.717) is 11.8 Å². The fraction of sp³-hybridized carbons (Fsp3) is 0.520. The van der Waals surface area contributed by atoms with E-state index in [1.807, 2.05) is 13.8 Å². The molecule has 1 spiro atoms. The third-order valence-corrected chi connectivity index (χ3v) is 10.7. The molecule has 2 aromatic carbocycles. The Morgan fingerprint density at radius 2 is 1.06 bits per heavy atom. The van der Waals surface area contributed by atoms with Gasteiger partial charge in [-0.1, -0.05) is 35.4 Å². The molecule has 0 unspecified atom stereocenters. The Balaban J connectivity index is 1.32. The summed E-state index contributed by atoms with van der Waals surface area (Å²) in [6, 6.07) is 13.2. The normalized spacial score (nSPS) is 27.8. The van der Waals surface area contributed by atoms with Gasteiger partial charge in [0.1, 0.15) is 0 Å². The highest BCUT2D eigenvalue weighted by Crippen LogP contribution is 2.74. The lowest BCUT2D eigenvalue weighted by Gasteiger charge is -2.30. The van der Waals surface area contributed by atoms with Crippen molar-refractivity contribution in [3.8, 4) is 0 Å². The van der Waals surface area contributed by atoms with Gasteiger partial charge in [-0.15, -0.1) is 0 Å². The minimum atomic E-state index is -3.87. The van der Waals surface area contributed by atoms with Gasteiger partial charge in [-0.2, -0.15) is 16.8 Å². The van der Waals surface area contributed by atoms with Gasteiger partial charge in [-0.25, -0.2) is 0 Å². The van der Waals surface area contributed by atoms with E-state index in [-0.39, 0.29) is 40.3 Å². The summed E-state index contributed by atoms with van der Waals surface area (Å²) >= 11 is 0. The van der Waals surface area contributed by atoms with Gasteiger partial charge < -0.3 is 0 Å². The Morgan fingerprint density at radius 1 is 0.697 bits per heavy atom. The van der Waals surface area contributed by atoms with Crippen molar-refractivity contribution in [2.45, 2.75) is 49.3 Å². The number of rotatable bonds is 8. The molecule has 3 saturated carbocycles. The first-order valence-electron chi connectivity index (χ1n) is 11.5. The minimum absolute atomic E-state index is 0.0281. The van der Waals surface area contributed by atoms with Crippen LogP contribution in [0.25, 0.3) is 0 Å².